The maximum Gasteiger partial charge on any atom is 0.219 e. The summed E-state index contributed by atoms with van der Waals surface area (Å²) in [4.78, 5) is 13.4. The summed E-state index contributed by atoms with van der Waals surface area (Å²) in [5.41, 5.74) is 0.814. The van der Waals surface area contributed by atoms with Gasteiger partial charge in [-0.05, 0) is 0 Å². The van der Waals surface area contributed by atoms with Crippen LogP contribution < -0.4 is 5.11 Å². The van der Waals surface area contributed by atoms with Crippen LogP contribution in [0, 0.1) is 0 Å². The first-order valence-corrected chi connectivity index (χ1v) is 8.75. The minimum Gasteiger partial charge on any atom is -0.829 e. The third-order valence-corrected chi connectivity index (χ3v) is 4.97. The number of aliphatic hydroxyl groups excluding tert-OH is 1. The number of ether oxygens (including phenoxy) is 4. The first kappa shape index (κ1) is 17.8. The van der Waals surface area contributed by atoms with Crippen LogP contribution in [0.2, 0.25) is 0 Å². The molecule has 0 spiro atoms. The minimum absolute atomic E-state index is 0.0938. The number of hydrogen-bond acceptors (Lipinski definition) is 7. The summed E-state index contributed by atoms with van der Waals surface area (Å²) in [6.07, 6.45) is -4.93. The van der Waals surface area contributed by atoms with E-state index in [1.807, 2.05) is 30.3 Å². The second-order valence-electron chi connectivity index (χ2n) is 6.83. The third kappa shape index (κ3) is 3.48. The number of amides is 1. The van der Waals surface area contributed by atoms with Gasteiger partial charge < -0.3 is 34.1 Å². The summed E-state index contributed by atoms with van der Waals surface area (Å²) < 4.78 is 22.2. The molecule has 8 heteroatoms. The largest absolute Gasteiger partial charge is 0.829 e. The van der Waals surface area contributed by atoms with E-state index in [1.165, 1.54) is 11.8 Å². The number of nitrogens with zero attached hydrogens (tertiary/aromatic N) is 1. The Balaban J connectivity index is 1.52. The molecule has 142 valence electrons. The Morgan fingerprint density at radius 1 is 1.23 bits per heavy atom. The van der Waals surface area contributed by atoms with Crippen molar-refractivity contribution in [3.63, 3.8) is 0 Å². The van der Waals surface area contributed by atoms with Gasteiger partial charge in [-0.25, -0.2) is 0 Å². The normalized spacial score (nSPS) is 39.1. The highest BCUT2D eigenvalue weighted by Gasteiger charge is 2.49. The average molecular weight is 364 g/mol. The molecule has 4 rings (SSSR count). The number of carbonyl (C=O) groups is 1. The monoisotopic (exact) mass is 364 g/mol. The number of rotatable bonds is 4. The smallest absolute Gasteiger partial charge is 0.219 e. The number of fused-ring (bicyclic) bond motifs is 1. The molecule has 0 radical (unpaired) electrons. The highest BCUT2D eigenvalue weighted by molar-refractivity contribution is 5.73. The first-order chi connectivity index (χ1) is 12.5. The summed E-state index contributed by atoms with van der Waals surface area (Å²) in [6.45, 7) is 2.31. The van der Waals surface area contributed by atoms with Crippen molar-refractivity contribution in [2.45, 2.75) is 50.0 Å². The van der Waals surface area contributed by atoms with Crippen molar-refractivity contribution in [2.24, 2.45) is 0 Å². The topological polar surface area (TPSA) is 104 Å². The van der Waals surface area contributed by atoms with Gasteiger partial charge in [-0.3, -0.25) is 4.79 Å². The Hall–Kier alpha value is -1.55. The van der Waals surface area contributed by atoms with Crippen LogP contribution in [0.25, 0.3) is 0 Å². The molecule has 0 aromatic heterocycles. The van der Waals surface area contributed by atoms with Gasteiger partial charge in [0.05, 0.1) is 25.4 Å². The Labute approximate surface area is 151 Å². The van der Waals surface area contributed by atoms with Gasteiger partial charge in [0, 0.05) is 25.3 Å². The highest BCUT2D eigenvalue weighted by atomic mass is 16.7. The lowest BCUT2D eigenvalue weighted by atomic mass is 9.94. The zero-order valence-electron chi connectivity index (χ0n) is 14.4. The Bertz CT molecular complexity index is 638. The van der Waals surface area contributed by atoms with Gasteiger partial charge in [0.25, 0.3) is 0 Å². The molecule has 1 aromatic rings. The molecule has 3 fully saturated rings. The van der Waals surface area contributed by atoms with E-state index in [9.17, 15) is 15.0 Å². The molecule has 1 amide bonds. The van der Waals surface area contributed by atoms with Crippen molar-refractivity contribution in [2.75, 3.05) is 19.8 Å². The molecular formula is C18H22NO7-. The van der Waals surface area contributed by atoms with E-state index < -0.39 is 36.9 Å². The van der Waals surface area contributed by atoms with Crippen molar-refractivity contribution in [3.05, 3.63) is 35.9 Å². The lowest BCUT2D eigenvalue weighted by molar-refractivity contribution is -0.532. The lowest BCUT2D eigenvalue weighted by Gasteiger charge is -2.53. The summed E-state index contributed by atoms with van der Waals surface area (Å²) >= 11 is 0. The fourth-order valence-electron chi connectivity index (χ4n) is 3.54. The zero-order valence-corrected chi connectivity index (χ0v) is 14.4. The molecular weight excluding hydrogens is 342 g/mol. The fourth-order valence-corrected chi connectivity index (χ4v) is 3.54. The van der Waals surface area contributed by atoms with Crippen LogP contribution in [0.5, 0.6) is 0 Å². The van der Waals surface area contributed by atoms with E-state index >= 15 is 0 Å². The van der Waals surface area contributed by atoms with E-state index in [1.54, 1.807) is 0 Å². The summed E-state index contributed by atoms with van der Waals surface area (Å²) in [5.74, 6) is -0.306. The van der Waals surface area contributed by atoms with Crippen LogP contribution in [0.1, 0.15) is 18.8 Å². The number of carbonyl (C=O) groups excluding carboxylic acids is 1. The molecule has 7 atom stereocenters. The highest BCUT2D eigenvalue weighted by Crippen LogP contribution is 2.34. The van der Waals surface area contributed by atoms with Crippen molar-refractivity contribution >= 4 is 5.91 Å². The lowest BCUT2D eigenvalue weighted by Crippen LogP contribution is -2.70. The van der Waals surface area contributed by atoms with Gasteiger partial charge in [0.1, 0.15) is 18.3 Å². The fraction of sp³-hybridized carbons (Fsp3) is 0.611. The number of benzene rings is 1. The molecule has 1 aromatic carbocycles. The molecule has 3 saturated heterocycles. The van der Waals surface area contributed by atoms with E-state index in [2.05, 4.69) is 0 Å². The van der Waals surface area contributed by atoms with Crippen molar-refractivity contribution in [3.8, 4) is 0 Å². The predicted molar refractivity (Wildman–Crippen MR) is 85.6 cm³/mol. The van der Waals surface area contributed by atoms with Crippen molar-refractivity contribution < 1.29 is 34.0 Å². The second-order valence-corrected chi connectivity index (χ2v) is 6.83. The van der Waals surface area contributed by atoms with Gasteiger partial charge in [-0.2, -0.15) is 0 Å². The van der Waals surface area contributed by atoms with Crippen molar-refractivity contribution in [1.29, 1.82) is 0 Å². The molecule has 1 N–H and O–H groups in total. The predicted octanol–water partition coefficient (Wildman–Crippen LogP) is -0.837. The molecule has 0 bridgehead atoms. The quantitative estimate of drug-likeness (QED) is 0.695. The third-order valence-electron chi connectivity index (χ3n) is 4.97. The van der Waals surface area contributed by atoms with Crippen molar-refractivity contribution in [1.82, 2.24) is 4.90 Å². The maximum absolute atomic E-state index is 12.5. The average Bonchev–Trinajstić information content (AvgIpc) is 3.45. The van der Waals surface area contributed by atoms with Gasteiger partial charge in [-0.15, -0.1) is 0 Å². The van der Waals surface area contributed by atoms with E-state index in [0.717, 1.165) is 5.56 Å². The van der Waals surface area contributed by atoms with Crippen LogP contribution in [0.15, 0.2) is 30.3 Å². The Kier molecular flexibility index (Phi) is 4.96. The van der Waals surface area contributed by atoms with E-state index in [4.69, 9.17) is 18.9 Å². The van der Waals surface area contributed by atoms with E-state index in [0.29, 0.717) is 6.61 Å². The van der Waals surface area contributed by atoms with Crippen LogP contribution in [-0.4, -0.2) is 72.4 Å². The maximum atomic E-state index is 12.5. The standard InChI is InChI=1S/C18H22NO7/c1-10(20)19(7-12-8-23-12)14-15(21)16-13(25-17(14)22)9-24-18(26-16)11-5-3-2-4-6-11/h2-6,12-18,21H,7-9H2,1H3/q-1/t12-,13-,14-,15-,16-,17-,18?/m1/s1. The zero-order chi connectivity index (χ0) is 18.3. The molecule has 8 nitrogen and oxygen atoms in total. The summed E-state index contributed by atoms with van der Waals surface area (Å²) in [6, 6.07) is 8.31. The number of epoxide rings is 1. The SMILES string of the molecule is CC(=O)N(C[C@@H]1CO1)[C@@H]1[C@@H](O)[C@@H]2OC(c3ccccc3)OC[C@H]2O[C@H]1[O-]. The number of hydrogen-bond donors (Lipinski definition) is 1. The molecule has 3 aliphatic heterocycles. The van der Waals surface area contributed by atoms with Gasteiger partial charge in [-0.1, -0.05) is 30.3 Å². The number of aliphatic hydroxyl groups is 1. The summed E-state index contributed by atoms with van der Waals surface area (Å²) in [7, 11) is 0. The first-order valence-electron chi connectivity index (χ1n) is 8.75. The van der Waals surface area contributed by atoms with Gasteiger partial charge >= 0.3 is 0 Å². The molecule has 3 aliphatic rings. The van der Waals surface area contributed by atoms with Crippen LogP contribution in [-0.2, 0) is 23.7 Å². The molecule has 0 aliphatic carbocycles. The van der Waals surface area contributed by atoms with Crippen LogP contribution >= 0.6 is 0 Å². The second kappa shape index (κ2) is 7.22. The summed E-state index contributed by atoms with van der Waals surface area (Å²) in [5, 5.41) is 23.4. The van der Waals surface area contributed by atoms with Gasteiger partial charge in [0.2, 0.25) is 5.91 Å². The van der Waals surface area contributed by atoms with E-state index in [-0.39, 0.29) is 25.2 Å². The molecule has 3 heterocycles. The van der Waals surface area contributed by atoms with Gasteiger partial charge in [0.15, 0.2) is 6.29 Å². The Morgan fingerprint density at radius 2 is 1.96 bits per heavy atom. The van der Waals surface area contributed by atoms with Crippen LogP contribution in [0.3, 0.4) is 0 Å². The van der Waals surface area contributed by atoms with Crippen LogP contribution in [0.4, 0.5) is 0 Å². The molecule has 1 unspecified atom stereocenters. The molecule has 0 saturated carbocycles. The molecule has 26 heavy (non-hydrogen) atoms. The minimum atomic E-state index is -1.57. The Morgan fingerprint density at radius 3 is 2.62 bits per heavy atom.